The summed E-state index contributed by atoms with van der Waals surface area (Å²) in [5.41, 5.74) is 0. The van der Waals surface area contributed by atoms with Gasteiger partial charge in [0.25, 0.3) is 0 Å². The first-order valence-corrected chi connectivity index (χ1v) is 2.65. The van der Waals surface area contributed by atoms with Gasteiger partial charge in [-0.3, -0.25) is 0 Å². The number of carboxylic acids is 1. The number of quaternary nitrogens is 1. The van der Waals surface area contributed by atoms with Crippen LogP contribution < -0.4 is 12.4 Å². The third-order valence-corrected chi connectivity index (χ3v) is 0.664. The maximum Gasteiger partial charge on any atom is 0.333 e. The zero-order valence-electron chi connectivity index (χ0n) is 6.34. The molecule has 0 bridgehead atoms. The van der Waals surface area contributed by atoms with Gasteiger partial charge in [0, 0.05) is 0 Å². The number of carbonyl (C=O) groups is 1. The van der Waals surface area contributed by atoms with Gasteiger partial charge in [-0.1, -0.05) is 0 Å². The van der Waals surface area contributed by atoms with Crippen LogP contribution in [0.25, 0.3) is 0 Å². The van der Waals surface area contributed by atoms with Gasteiger partial charge < -0.3 is 22.0 Å². The van der Waals surface area contributed by atoms with Gasteiger partial charge in [0.05, 0.1) is 27.2 Å². The van der Waals surface area contributed by atoms with Gasteiger partial charge in [-0.15, -0.1) is 0 Å². The fourth-order valence-electron chi connectivity index (χ4n) is 0.287. The second-order valence-corrected chi connectivity index (χ2v) is 2.77. The largest absolute Gasteiger partial charge is 1.00 e. The van der Waals surface area contributed by atoms with E-state index in [0.29, 0.717) is 4.48 Å². The Bertz CT molecular complexity index is 137. The lowest BCUT2D eigenvalue weighted by Crippen LogP contribution is -3.00. The Hall–Kier alpha value is -0.540. The average molecular weight is 166 g/mol. The molecule has 0 spiro atoms. The summed E-state index contributed by atoms with van der Waals surface area (Å²) < 4.78 is 0.534. The van der Waals surface area contributed by atoms with E-state index in [1.54, 1.807) is 6.20 Å². The molecular formula is C6H12ClNO2. The van der Waals surface area contributed by atoms with E-state index in [2.05, 4.69) is 0 Å². The molecule has 4 heteroatoms. The van der Waals surface area contributed by atoms with Crippen LogP contribution in [0.1, 0.15) is 0 Å². The third kappa shape index (κ3) is 10.4. The lowest BCUT2D eigenvalue weighted by molar-refractivity contribution is -0.817. The third-order valence-electron chi connectivity index (χ3n) is 0.664. The molecule has 0 atom stereocenters. The lowest BCUT2D eigenvalue weighted by atomic mass is 10.5. The van der Waals surface area contributed by atoms with Crippen molar-refractivity contribution >= 4 is 5.97 Å². The zero-order chi connectivity index (χ0) is 7.49. The van der Waals surface area contributed by atoms with Crippen LogP contribution in [-0.2, 0) is 4.79 Å². The molecule has 3 nitrogen and oxygen atoms in total. The number of aliphatic carboxylic acids is 1. The summed E-state index contributed by atoms with van der Waals surface area (Å²) in [7, 11) is 5.66. The highest BCUT2D eigenvalue weighted by molar-refractivity contribution is 5.79. The highest BCUT2D eigenvalue weighted by atomic mass is 35.5. The molecule has 10 heavy (non-hydrogen) atoms. The Kier molecular flexibility index (Phi) is 5.24. The number of hydrogen-bond donors (Lipinski definition) is 1. The summed E-state index contributed by atoms with van der Waals surface area (Å²) in [6.07, 6.45) is 2.74. The van der Waals surface area contributed by atoms with Crippen molar-refractivity contribution in [3.8, 4) is 0 Å². The summed E-state index contributed by atoms with van der Waals surface area (Å²) in [6.45, 7) is 0. The highest BCUT2D eigenvalue weighted by Crippen LogP contribution is 1.89. The van der Waals surface area contributed by atoms with Gasteiger partial charge in [-0.05, 0) is 0 Å². The molecule has 0 heterocycles. The molecule has 0 saturated carbocycles. The lowest BCUT2D eigenvalue weighted by Gasteiger charge is -2.16. The van der Waals surface area contributed by atoms with E-state index in [1.165, 1.54) is 0 Å². The van der Waals surface area contributed by atoms with Crippen molar-refractivity contribution in [2.75, 3.05) is 21.1 Å². The molecule has 0 aromatic heterocycles. The fourth-order valence-corrected chi connectivity index (χ4v) is 0.287. The van der Waals surface area contributed by atoms with Crippen molar-refractivity contribution in [3.63, 3.8) is 0 Å². The van der Waals surface area contributed by atoms with Crippen LogP contribution in [0, 0.1) is 0 Å². The van der Waals surface area contributed by atoms with Gasteiger partial charge in [-0.2, -0.15) is 0 Å². The van der Waals surface area contributed by atoms with Crippen molar-refractivity contribution < 1.29 is 26.8 Å². The van der Waals surface area contributed by atoms with E-state index in [9.17, 15) is 4.79 Å². The van der Waals surface area contributed by atoms with Crippen LogP contribution >= 0.6 is 0 Å². The maximum atomic E-state index is 9.95. The van der Waals surface area contributed by atoms with Gasteiger partial charge >= 0.3 is 5.97 Å². The SMILES string of the molecule is C[N+](C)(C)/C=C/C(=O)O.[Cl-]. The molecule has 0 aromatic carbocycles. The Balaban J connectivity index is 0. The normalized spacial score (nSPS) is 11.1. The number of nitrogens with zero attached hydrogens (tertiary/aromatic N) is 1. The van der Waals surface area contributed by atoms with E-state index in [0.717, 1.165) is 6.08 Å². The molecule has 0 amide bonds. The fraction of sp³-hybridized carbons (Fsp3) is 0.500. The monoisotopic (exact) mass is 165 g/mol. The molecule has 0 radical (unpaired) electrons. The van der Waals surface area contributed by atoms with Crippen molar-refractivity contribution in [1.29, 1.82) is 0 Å². The van der Waals surface area contributed by atoms with Crippen LogP contribution in [0.15, 0.2) is 12.3 Å². The van der Waals surface area contributed by atoms with Crippen LogP contribution in [0.5, 0.6) is 0 Å². The van der Waals surface area contributed by atoms with Gasteiger partial charge in [0.2, 0.25) is 0 Å². The molecule has 0 aliphatic heterocycles. The summed E-state index contributed by atoms with van der Waals surface area (Å²) >= 11 is 0. The standard InChI is InChI=1S/C6H11NO2.ClH/c1-7(2,3)5-4-6(8)9;/h4-5H,1-3H3;1H/b5-4+;. The summed E-state index contributed by atoms with van der Waals surface area (Å²) in [5, 5.41) is 8.18. The predicted molar refractivity (Wildman–Crippen MR) is 34.8 cm³/mol. The average Bonchev–Trinajstić information content (AvgIpc) is 1.59. The van der Waals surface area contributed by atoms with E-state index in [1.807, 2.05) is 21.1 Å². The highest BCUT2D eigenvalue weighted by Gasteiger charge is 2.00. The number of carboxylic acid groups (broad SMARTS) is 1. The van der Waals surface area contributed by atoms with E-state index < -0.39 is 5.97 Å². The van der Waals surface area contributed by atoms with Crippen molar-refractivity contribution in [2.45, 2.75) is 0 Å². The zero-order valence-corrected chi connectivity index (χ0v) is 7.09. The molecular weight excluding hydrogens is 154 g/mol. The summed E-state index contributed by atoms with van der Waals surface area (Å²) in [5.74, 6) is -0.900. The smallest absolute Gasteiger partial charge is 0.333 e. The molecule has 0 aliphatic rings. The van der Waals surface area contributed by atoms with Gasteiger partial charge in [0.15, 0.2) is 0 Å². The Morgan fingerprint density at radius 2 is 1.80 bits per heavy atom. The maximum absolute atomic E-state index is 9.95. The summed E-state index contributed by atoms with van der Waals surface area (Å²) in [4.78, 5) is 9.95. The predicted octanol–water partition coefficient (Wildman–Crippen LogP) is -2.71. The van der Waals surface area contributed by atoms with Crippen molar-refractivity contribution in [2.24, 2.45) is 0 Å². The first kappa shape index (κ1) is 12.2. The number of halogens is 1. The molecule has 0 aliphatic carbocycles. The van der Waals surface area contributed by atoms with E-state index in [4.69, 9.17) is 5.11 Å². The number of hydrogen-bond acceptors (Lipinski definition) is 1. The minimum Gasteiger partial charge on any atom is -1.00 e. The van der Waals surface area contributed by atoms with Gasteiger partial charge in [0.1, 0.15) is 6.20 Å². The van der Waals surface area contributed by atoms with E-state index in [-0.39, 0.29) is 12.4 Å². The van der Waals surface area contributed by atoms with Crippen LogP contribution in [0.3, 0.4) is 0 Å². The summed E-state index contributed by atoms with van der Waals surface area (Å²) in [6, 6.07) is 0. The first-order valence-electron chi connectivity index (χ1n) is 2.65. The molecule has 0 fully saturated rings. The molecule has 1 N–H and O–H groups in total. The second kappa shape index (κ2) is 4.30. The van der Waals surface area contributed by atoms with Crippen molar-refractivity contribution in [1.82, 2.24) is 0 Å². The van der Waals surface area contributed by atoms with Crippen LogP contribution in [0.2, 0.25) is 0 Å². The van der Waals surface area contributed by atoms with E-state index >= 15 is 0 Å². The van der Waals surface area contributed by atoms with Gasteiger partial charge in [-0.25, -0.2) is 4.79 Å². The molecule has 60 valence electrons. The topological polar surface area (TPSA) is 37.3 Å². The minimum absolute atomic E-state index is 0. The van der Waals surface area contributed by atoms with Crippen LogP contribution in [0.4, 0.5) is 0 Å². The Labute approximate surface area is 67.0 Å². The minimum atomic E-state index is -0.900. The first-order chi connectivity index (χ1) is 3.92. The Morgan fingerprint density at radius 1 is 1.40 bits per heavy atom. The second-order valence-electron chi connectivity index (χ2n) is 2.77. The molecule has 0 saturated heterocycles. The Morgan fingerprint density at radius 3 is 1.90 bits per heavy atom. The molecule has 0 aromatic rings. The molecule has 0 rings (SSSR count). The quantitative estimate of drug-likeness (QED) is 0.357. The van der Waals surface area contributed by atoms with Crippen LogP contribution in [-0.4, -0.2) is 36.7 Å². The number of rotatable bonds is 2. The molecule has 0 unspecified atom stereocenters. The van der Waals surface area contributed by atoms with Crippen molar-refractivity contribution in [3.05, 3.63) is 12.3 Å².